The van der Waals surface area contributed by atoms with Gasteiger partial charge in [0.05, 0.1) is 5.97 Å². The summed E-state index contributed by atoms with van der Waals surface area (Å²) >= 11 is 0. The van der Waals surface area contributed by atoms with Gasteiger partial charge in [-0.05, 0) is 33.5 Å². The fourth-order valence-corrected chi connectivity index (χ4v) is 0.863. The zero-order valence-corrected chi connectivity index (χ0v) is 7.02. The Balaban J connectivity index is 3.44. The maximum atomic E-state index is 10.3. The van der Waals surface area contributed by atoms with Crippen LogP contribution >= 0.6 is 0 Å². The normalized spacial score (nSPS) is 12.9. The molecule has 0 aliphatic heterocycles. The topological polar surface area (TPSA) is 64.2 Å². The molecule has 0 heterocycles. The van der Waals surface area contributed by atoms with Crippen molar-refractivity contribution in [1.29, 1.82) is 0 Å². The highest BCUT2D eigenvalue weighted by atomic mass is 16.4. The van der Waals surface area contributed by atoms with E-state index in [2.05, 4.69) is 10.6 Å². The molecular formula is C7H15N2O2-. The van der Waals surface area contributed by atoms with E-state index in [1.807, 2.05) is 7.05 Å². The molecule has 0 amide bonds. The van der Waals surface area contributed by atoms with Crippen molar-refractivity contribution < 1.29 is 9.90 Å². The van der Waals surface area contributed by atoms with Gasteiger partial charge in [0.1, 0.15) is 0 Å². The van der Waals surface area contributed by atoms with Gasteiger partial charge in [-0.2, -0.15) is 0 Å². The Labute approximate surface area is 67.0 Å². The predicted octanol–water partition coefficient (Wildman–Crippen LogP) is -1.68. The lowest BCUT2D eigenvalue weighted by molar-refractivity contribution is -0.308. The Kier molecular flexibility index (Phi) is 5.78. The van der Waals surface area contributed by atoms with Crippen LogP contribution in [0.3, 0.4) is 0 Å². The van der Waals surface area contributed by atoms with Crippen molar-refractivity contribution in [3.63, 3.8) is 0 Å². The summed E-state index contributed by atoms with van der Waals surface area (Å²) in [4.78, 5) is 10.3. The van der Waals surface area contributed by atoms with Crippen molar-refractivity contribution in [3.05, 3.63) is 0 Å². The number of carbonyl (C=O) groups excluding carboxylic acids is 1. The van der Waals surface area contributed by atoms with Crippen LogP contribution in [0, 0.1) is 0 Å². The number of nitrogens with one attached hydrogen (secondary N) is 2. The van der Waals surface area contributed by atoms with Crippen LogP contribution in [0.4, 0.5) is 0 Å². The molecule has 0 rings (SSSR count). The Hall–Kier alpha value is -0.610. The summed E-state index contributed by atoms with van der Waals surface area (Å²) in [7, 11) is 3.47. The third kappa shape index (κ3) is 4.75. The van der Waals surface area contributed by atoms with E-state index in [9.17, 15) is 9.90 Å². The highest BCUT2D eigenvalue weighted by molar-refractivity contribution is 5.70. The minimum absolute atomic E-state index is 0.511. The Bertz CT molecular complexity index is 117. The highest BCUT2D eigenvalue weighted by Gasteiger charge is 2.04. The molecule has 1 unspecified atom stereocenters. The first-order chi connectivity index (χ1) is 5.22. The lowest BCUT2D eigenvalue weighted by Crippen LogP contribution is -2.44. The van der Waals surface area contributed by atoms with E-state index in [4.69, 9.17) is 0 Å². The van der Waals surface area contributed by atoms with Gasteiger partial charge in [-0.25, -0.2) is 0 Å². The third-order valence-corrected chi connectivity index (χ3v) is 1.55. The monoisotopic (exact) mass is 159 g/mol. The molecule has 0 aromatic rings. The second-order valence-electron chi connectivity index (χ2n) is 2.41. The molecule has 0 spiro atoms. The number of aliphatic carboxylic acids is 1. The first-order valence-corrected chi connectivity index (χ1v) is 3.75. The van der Waals surface area contributed by atoms with Crippen LogP contribution in [0.1, 0.15) is 12.8 Å². The Morgan fingerprint density at radius 2 is 2.18 bits per heavy atom. The van der Waals surface area contributed by atoms with E-state index >= 15 is 0 Å². The number of carboxylic acids is 1. The van der Waals surface area contributed by atoms with E-state index in [1.54, 1.807) is 7.05 Å². The minimum Gasteiger partial charge on any atom is -0.548 e. The van der Waals surface area contributed by atoms with Gasteiger partial charge in [0.25, 0.3) is 0 Å². The fourth-order valence-electron chi connectivity index (χ4n) is 0.863. The second-order valence-corrected chi connectivity index (χ2v) is 2.41. The summed E-state index contributed by atoms with van der Waals surface area (Å²) in [5.74, 6) is -1.02. The average Bonchev–Trinajstić information content (AvgIpc) is 1.97. The summed E-state index contributed by atoms with van der Waals surface area (Å²) in [6.07, 6.45) is 1.45. The molecule has 0 aromatic heterocycles. The lowest BCUT2D eigenvalue weighted by Gasteiger charge is -2.16. The highest BCUT2D eigenvalue weighted by Crippen LogP contribution is 1.93. The molecule has 0 aliphatic rings. The third-order valence-electron chi connectivity index (χ3n) is 1.55. The molecule has 0 aromatic carbocycles. The molecule has 0 radical (unpaired) electrons. The molecule has 2 N–H and O–H groups in total. The van der Waals surface area contributed by atoms with E-state index in [1.165, 1.54) is 0 Å². The molecule has 0 saturated heterocycles. The molecular weight excluding hydrogens is 144 g/mol. The molecule has 0 fully saturated rings. The summed E-state index contributed by atoms with van der Waals surface area (Å²) in [5.41, 5.74) is 0. The fraction of sp³-hybridized carbons (Fsp3) is 0.857. The van der Waals surface area contributed by atoms with Crippen molar-refractivity contribution in [2.45, 2.75) is 18.9 Å². The number of rotatable bonds is 6. The second kappa shape index (κ2) is 6.12. The largest absolute Gasteiger partial charge is 0.548 e. The van der Waals surface area contributed by atoms with E-state index in [0.717, 1.165) is 13.0 Å². The molecule has 1 atom stereocenters. The smallest absolute Gasteiger partial charge is 0.0584 e. The van der Waals surface area contributed by atoms with Gasteiger partial charge in [0.2, 0.25) is 0 Å². The van der Waals surface area contributed by atoms with Gasteiger partial charge in [-0.15, -0.1) is 0 Å². The maximum Gasteiger partial charge on any atom is 0.0584 e. The van der Waals surface area contributed by atoms with Crippen molar-refractivity contribution in [3.8, 4) is 0 Å². The van der Waals surface area contributed by atoms with Gasteiger partial charge in [0, 0.05) is 6.04 Å². The molecule has 0 saturated carbocycles. The number of hydrogen-bond donors (Lipinski definition) is 2. The van der Waals surface area contributed by atoms with Crippen LogP contribution in [-0.4, -0.2) is 32.7 Å². The van der Waals surface area contributed by atoms with Gasteiger partial charge < -0.3 is 20.5 Å². The summed E-state index contributed by atoms with van der Waals surface area (Å²) < 4.78 is 0. The predicted molar refractivity (Wildman–Crippen MR) is 41.0 cm³/mol. The van der Waals surface area contributed by atoms with Crippen LogP contribution in [0.2, 0.25) is 0 Å². The van der Waals surface area contributed by atoms with Crippen LogP contribution in [0.25, 0.3) is 0 Å². The van der Waals surface area contributed by atoms with Crippen LogP contribution < -0.4 is 15.7 Å². The van der Waals surface area contributed by atoms with Crippen molar-refractivity contribution in [1.82, 2.24) is 10.6 Å². The lowest BCUT2D eigenvalue weighted by atomic mass is 10.1. The molecule has 66 valence electrons. The van der Waals surface area contributed by atoms with Gasteiger partial charge in [-0.1, -0.05) is 0 Å². The Morgan fingerprint density at radius 1 is 1.55 bits per heavy atom. The van der Waals surface area contributed by atoms with Crippen molar-refractivity contribution in [2.75, 3.05) is 20.6 Å². The van der Waals surface area contributed by atoms with E-state index < -0.39 is 12.0 Å². The minimum atomic E-state index is -1.02. The quantitative estimate of drug-likeness (QED) is 0.455. The molecule has 4 heteroatoms. The molecule has 0 aliphatic carbocycles. The SMILES string of the molecule is CNCCCC(NC)C(=O)[O-]. The summed E-state index contributed by atoms with van der Waals surface area (Å²) in [5, 5.41) is 15.9. The van der Waals surface area contributed by atoms with Gasteiger partial charge in [-0.3, -0.25) is 0 Å². The average molecular weight is 159 g/mol. The number of hydrogen-bond acceptors (Lipinski definition) is 4. The first-order valence-electron chi connectivity index (χ1n) is 3.75. The van der Waals surface area contributed by atoms with Crippen LogP contribution in [-0.2, 0) is 4.79 Å². The number of carbonyl (C=O) groups is 1. The number of likely N-dealkylation sites (N-methyl/N-ethyl adjacent to an activating group) is 1. The molecule has 4 nitrogen and oxygen atoms in total. The standard InChI is InChI=1S/C7H16N2O2/c1-8-5-3-4-6(9-2)7(10)11/h6,8-9H,3-5H2,1-2H3,(H,10,11)/p-1. The van der Waals surface area contributed by atoms with Gasteiger partial charge >= 0.3 is 0 Å². The molecule has 0 bridgehead atoms. The zero-order chi connectivity index (χ0) is 8.69. The summed E-state index contributed by atoms with van der Waals surface area (Å²) in [6, 6.07) is -0.511. The zero-order valence-electron chi connectivity index (χ0n) is 7.02. The van der Waals surface area contributed by atoms with Crippen LogP contribution in [0.15, 0.2) is 0 Å². The van der Waals surface area contributed by atoms with E-state index in [-0.39, 0.29) is 0 Å². The van der Waals surface area contributed by atoms with Crippen molar-refractivity contribution in [2.24, 2.45) is 0 Å². The molecule has 11 heavy (non-hydrogen) atoms. The Morgan fingerprint density at radius 3 is 2.55 bits per heavy atom. The van der Waals surface area contributed by atoms with Crippen LogP contribution in [0.5, 0.6) is 0 Å². The first kappa shape index (κ1) is 10.4. The van der Waals surface area contributed by atoms with Crippen molar-refractivity contribution >= 4 is 5.97 Å². The van der Waals surface area contributed by atoms with E-state index in [0.29, 0.717) is 6.42 Å². The maximum absolute atomic E-state index is 10.3. The summed E-state index contributed by atoms with van der Waals surface area (Å²) in [6.45, 7) is 0.839. The number of carboxylic acid groups (broad SMARTS) is 1. The van der Waals surface area contributed by atoms with Gasteiger partial charge in [0.15, 0.2) is 0 Å².